The van der Waals surface area contributed by atoms with Crippen molar-refractivity contribution in [1.82, 2.24) is 24.3 Å². The normalized spacial score (nSPS) is 23.1. The fraction of sp³-hybridized carbons (Fsp3) is 0.538. The van der Waals surface area contributed by atoms with Crippen molar-refractivity contribution in [3.05, 3.63) is 59.7 Å². The zero-order valence-corrected chi connectivity index (χ0v) is 19.4. The van der Waals surface area contributed by atoms with E-state index in [-0.39, 0.29) is 0 Å². The van der Waals surface area contributed by atoms with Crippen LogP contribution in [0.5, 0.6) is 0 Å². The summed E-state index contributed by atoms with van der Waals surface area (Å²) in [5, 5.41) is 0. The smallest absolute Gasteiger partial charge is 0.127 e. The molecular formula is C26H35N5O. The number of aryl methyl sites for hydroxylation is 2. The second kappa shape index (κ2) is 9.69. The Balaban J connectivity index is 1.41. The number of hydrogen-bond donors (Lipinski definition) is 0. The molecule has 5 rings (SSSR count). The van der Waals surface area contributed by atoms with E-state index in [2.05, 4.69) is 58.7 Å². The molecule has 6 heteroatoms. The number of rotatable bonds is 6. The van der Waals surface area contributed by atoms with Crippen LogP contribution >= 0.6 is 0 Å². The minimum absolute atomic E-state index is 0.311. The highest BCUT2D eigenvalue weighted by Crippen LogP contribution is 2.41. The molecule has 2 saturated heterocycles. The summed E-state index contributed by atoms with van der Waals surface area (Å²) < 4.78 is 8.00. The largest absolute Gasteiger partial charge is 0.379 e. The highest BCUT2D eigenvalue weighted by molar-refractivity contribution is 5.76. The predicted octanol–water partition coefficient (Wildman–Crippen LogP) is 4.36. The minimum Gasteiger partial charge on any atom is -0.379 e. The molecule has 32 heavy (non-hydrogen) atoms. The molecule has 4 heterocycles. The lowest BCUT2D eigenvalue weighted by Crippen LogP contribution is -2.37. The van der Waals surface area contributed by atoms with Crippen LogP contribution in [0.3, 0.4) is 0 Å². The van der Waals surface area contributed by atoms with Gasteiger partial charge in [0.1, 0.15) is 5.82 Å². The lowest BCUT2D eigenvalue weighted by atomic mass is 9.92. The summed E-state index contributed by atoms with van der Waals surface area (Å²) in [6.07, 6.45) is 6.56. The number of imidazole rings is 1. The van der Waals surface area contributed by atoms with Gasteiger partial charge in [0.15, 0.2) is 0 Å². The number of piperidine rings is 1. The Morgan fingerprint density at radius 1 is 1.00 bits per heavy atom. The van der Waals surface area contributed by atoms with Crippen LogP contribution < -0.4 is 0 Å². The second-order valence-electron chi connectivity index (χ2n) is 9.25. The number of likely N-dealkylation sites (tertiary alicyclic amines) is 1. The molecule has 2 aliphatic rings. The summed E-state index contributed by atoms with van der Waals surface area (Å²) in [6, 6.07) is 13.5. The van der Waals surface area contributed by atoms with Crippen LogP contribution in [0.4, 0.5) is 0 Å². The van der Waals surface area contributed by atoms with E-state index >= 15 is 0 Å². The second-order valence-corrected chi connectivity index (χ2v) is 9.25. The molecule has 0 radical (unpaired) electrons. The lowest BCUT2D eigenvalue weighted by molar-refractivity contribution is 0.0368. The number of benzene rings is 1. The maximum atomic E-state index is 5.51. The molecule has 0 saturated carbocycles. The monoisotopic (exact) mass is 433 g/mol. The van der Waals surface area contributed by atoms with Gasteiger partial charge in [0.05, 0.1) is 42.0 Å². The molecule has 1 aromatic carbocycles. The SMILES string of the molecule is Cc1cccnc1[C@@H]1CCC[C@H](c2nc3ccccc3n2CCCN2CCOCC2)N1C. The van der Waals surface area contributed by atoms with Crippen LogP contribution in [-0.2, 0) is 11.3 Å². The van der Waals surface area contributed by atoms with Gasteiger partial charge in [-0.3, -0.25) is 14.8 Å². The Labute approximate surface area is 191 Å². The molecule has 2 aromatic heterocycles. The van der Waals surface area contributed by atoms with Crippen molar-refractivity contribution >= 4 is 11.0 Å². The van der Waals surface area contributed by atoms with Gasteiger partial charge in [0.25, 0.3) is 0 Å². The Bertz CT molecular complexity index is 1040. The van der Waals surface area contributed by atoms with E-state index in [9.17, 15) is 0 Å². The van der Waals surface area contributed by atoms with Crippen molar-refractivity contribution in [2.24, 2.45) is 0 Å². The minimum atomic E-state index is 0.311. The number of morpholine rings is 1. The summed E-state index contributed by atoms with van der Waals surface area (Å²) in [5.41, 5.74) is 4.87. The number of fused-ring (bicyclic) bond motifs is 1. The standard InChI is InChI=1S/C26H35N5O/c1-20-8-6-13-27-25(20)23-11-5-12-24(29(23)2)26-28-21-9-3-4-10-22(21)31(26)15-7-14-30-16-18-32-19-17-30/h3-4,6,8-10,13,23-24H,5,7,11-12,14-19H2,1-2H3/t23-,24+/m0/s1. The van der Waals surface area contributed by atoms with E-state index in [4.69, 9.17) is 14.7 Å². The topological polar surface area (TPSA) is 46.4 Å². The maximum absolute atomic E-state index is 5.51. The number of ether oxygens (including phenoxy) is 1. The molecule has 0 amide bonds. The van der Waals surface area contributed by atoms with Crippen molar-refractivity contribution in [3.63, 3.8) is 0 Å². The molecule has 0 aliphatic carbocycles. The molecule has 2 fully saturated rings. The fourth-order valence-electron chi connectivity index (χ4n) is 5.48. The van der Waals surface area contributed by atoms with E-state index in [1.807, 2.05) is 12.3 Å². The third-order valence-corrected chi connectivity index (χ3v) is 7.25. The quantitative estimate of drug-likeness (QED) is 0.578. The van der Waals surface area contributed by atoms with E-state index in [1.165, 1.54) is 29.0 Å². The third kappa shape index (κ3) is 4.32. The molecule has 2 aliphatic heterocycles. The number of nitrogens with zero attached hydrogens (tertiary/aromatic N) is 5. The van der Waals surface area contributed by atoms with Gasteiger partial charge in [0, 0.05) is 32.4 Å². The summed E-state index contributed by atoms with van der Waals surface area (Å²) in [5.74, 6) is 1.22. The van der Waals surface area contributed by atoms with Crippen LogP contribution in [0.2, 0.25) is 0 Å². The first-order valence-electron chi connectivity index (χ1n) is 12.1. The van der Waals surface area contributed by atoms with Crippen LogP contribution in [0.1, 0.15) is 54.8 Å². The Kier molecular flexibility index (Phi) is 6.53. The van der Waals surface area contributed by atoms with Gasteiger partial charge in [0.2, 0.25) is 0 Å². The molecule has 0 bridgehead atoms. The average Bonchev–Trinajstić information content (AvgIpc) is 3.19. The van der Waals surface area contributed by atoms with Crippen molar-refractivity contribution in [1.29, 1.82) is 0 Å². The van der Waals surface area contributed by atoms with Gasteiger partial charge < -0.3 is 9.30 Å². The Morgan fingerprint density at radius 2 is 1.81 bits per heavy atom. The average molecular weight is 434 g/mol. The summed E-state index contributed by atoms with van der Waals surface area (Å²) >= 11 is 0. The van der Waals surface area contributed by atoms with Crippen molar-refractivity contribution in [2.75, 3.05) is 39.9 Å². The highest BCUT2D eigenvalue weighted by atomic mass is 16.5. The van der Waals surface area contributed by atoms with Crippen LogP contribution in [0, 0.1) is 6.92 Å². The van der Waals surface area contributed by atoms with Gasteiger partial charge in [-0.05, 0) is 63.4 Å². The van der Waals surface area contributed by atoms with E-state index < -0.39 is 0 Å². The van der Waals surface area contributed by atoms with E-state index in [0.717, 1.165) is 64.2 Å². The molecule has 3 aromatic rings. The Hall–Kier alpha value is -2.28. The van der Waals surface area contributed by atoms with Crippen molar-refractivity contribution in [2.45, 2.75) is 51.2 Å². The summed E-state index contributed by atoms with van der Waals surface area (Å²) in [7, 11) is 2.26. The highest BCUT2D eigenvalue weighted by Gasteiger charge is 2.34. The number of hydrogen-bond acceptors (Lipinski definition) is 5. The summed E-state index contributed by atoms with van der Waals surface area (Å²) in [4.78, 5) is 15.0. The van der Waals surface area contributed by atoms with Crippen LogP contribution in [-0.4, -0.2) is 64.2 Å². The van der Waals surface area contributed by atoms with Crippen molar-refractivity contribution < 1.29 is 4.74 Å². The Morgan fingerprint density at radius 3 is 2.66 bits per heavy atom. The predicted molar refractivity (Wildman–Crippen MR) is 128 cm³/mol. The van der Waals surface area contributed by atoms with Gasteiger partial charge in [-0.1, -0.05) is 18.2 Å². The number of para-hydroxylation sites is 2. The molecule has 0 spiro atoms. The first kappa shape index (κ1) is 21.6. The number of aromatic nitrogens is 3. The first-order chi connectivity index (χ1) is 15.7. The third-order valence-electron chi connectivity index (χ3n) is 7.25. The van der Waals surface area contributed by atoms with Crippen LogP contribution in [0.15, 0.2) is 42.6 Å². The molecule has 0 unspecified atom stereocenters. The fourth-order valence-corrected chi connectivity index (χ4v) is 5.48. The molecular weight excluding hydrogens is 398 g/mol. The zero-order valence-electron chi connectivity index (χ0n) is 19.4. The van der Waals surface area contributed by atoms with Gasteiger partial charge in [-0.25, -0.2) is 4.98 Å². The molecule has 2 atom stereocenters. The molecule has 6 nitrogen and oxygen atoms in total. The molecule has 170 valence electrons. The van der Waals surface area contributed by atoms with Gasteiger partial charge in [-0.2, -0.15) is 0 Å². The lowest BCUT2D eigenvalue weighted by Gasteiger charge is -2.39. The summed E-state index contributed by atoms with van der Waals surface area (Å²) in [6.45, 7) is 8.12. The number of pyridine rings is 1. The van der Waals surface area contributed by atoms with E-state index in [0.29, 0.717) is 12.1 Å². The molecule has 0 N–H and O–H groups in total. The first-order valence-corrected chi connectivity index (χ1v) is 12.1. The maximum Gasteiger partial charge on any atom is 0.127 e. The van der Waals surface area contributed by atoms with Crippen molar-refractivity contribution in [3.8, 4) is 0 Å². The zero-order chi connectivity index (χ0) is 21.9. The van der Waals surface area contributed by atoms with Crippen LogP contribution in [0.25, 0.3) is 11.0 Å². The van der Waals surface area contributed by atoms with Gasteiger partial charge >= 0.3 is 0 Å². The van der Waals surface area contributed by atoms with Gasteiger partial charge in [-0.15, -0.1) is 0 Å². The van der Waals surface area contributed by atoms with E-state index in [1.54, 1.807) is 0 Å².